The summed E-state index contributed by atoms with van der Waals surface area (Å²) >= 11 is 2.50. The summed E-state index contributed by atoms with van der Waals surface area (Å²) < 4.78 is 28.7. The van der Waals surface area contributed by atoms with Crippen LogP contribution in [0.2, 0.25) is 0 Å². The fraction of sp³-hybridized carbons (Fsp3) is 0.333. The van der Waals surface area contributed by atoms with Crippen LogP contribution in [0.4, 0.5) is 5.13 Å². The van der Waals surface area contributed by atoms with E-state index in [9.17, 15) is 18.0 Å². The van der Waals surface area contributed by atoms with E-state index in [1.54, 1.807) is 13.8 Å². The molecule has 2 aromatic carbocycles. The molecule has 0 unspecified atom stereocenters. The van der Waals surface area contributed by atoms with Gasteiger partial charge in [-0.05, 0) is 62.2 Å². The Hall–Kier alpha value is -3.66. The van der Waals surface area contributed by atoms with Crippen molar-refractivity contribution in [2.45, 2.75) is 51.2 Å². The number of nitrogens with zero attached hydrogens (tertiary/aromatic N) is 6. The third-order valence-electron chi connectivity index (χ3n) is 6.49. The minimum atomic E-state index is -3.63. The maximum atomic E-state index is 13.0. The molecule has 2 aromatic heterocycles. The van der Waals surface area contributed by atoms with E-state index in [0.717, 1.165) is 21.8 Å². The summed E-state index contributed by atoms with van der Waals surface area (Å²) in [6, 6.07) is 11.7. The first kappa shape index (κ1) is 31.3. The van der Waals surface area contributed by atoms with Crippen LogP contribution in [0.1, 0.15) is 46.2 Å². The number of hydrogen-bond donors (Lipinski definition) is 2. The highest BCUT2D eigenvalue weighted by Crippen LogP contribution is 2.26. The number of aromatic nitrogens is 5. The first-order chi connectivity index (χ1) is 20.0. The summed E-state index contributed by atoms with van der Waals surface area (Å²) in [6.07, 6.45) is 0. The zero-order valence-electron chi connectivity index (χ0n) is 23.9. The average molecular weight is 629 g/mol. The SMILES string of the molecule is CCN(CC)S(=O)(=O)c1ccc(C(=O)NCc2nnc(SCC(=O)Nc3nnc(C)s3)n2-c2cccc(C)c2C)cc1. The van der Waals surface area contributed by atoms with E-state index in [-0.39, 0.29) is 23.1 Å². The molecule has 222 valence electrons. The quantitative estimate of drug-likeness (QED) is 0.224. The number of anilines is 1. The van der Waals surface area contributed by atoms with Crippen molar-refractivity contribution >= 4 is 50.1 Å². The monoisotopic (exact) mass is 628 g/mol. The Kier molecular flexibility index (Phi) is 10.1. The van der Waals surface area contributed by atoms with Crippen LogP contribution in [0.15, 0.2) is 52.5 Å². The smallest absolute Gasteiger partial charge is 0.251 e. The van der Waals surface area contributed by atoms with E-state index in [4.69, 9.17) is 0 Å². The molecular formula is C27H32N8O4S3. The zero-order valence-corrected chi connectivity index (χ0v) is 26.4. The van der Waals surface area contributed by atoms with Gasteiger partial charge in [0.15, 0.2) is 11.0 Å². The van der Waals surface area contributed by atoms with Gasteiger partial charge >= 0.3 is 0 Å². The molecular weight excluding hydrogens is 597 g/mol. The summed E-state index contributed by atoms with van der Waals surface area (Å²) in [6.45, 7) is 10.1. The van der Waals surface area contributed by atoms with Gasteiger partial charge in [0.1, 0.15) is 5.01 Å². The molecule has 0 aliphatic heterocycles. The number of aryl methyl sites for hydroxylation is 2. The molecule has 2 heterocycles. The Morgan fingerprint density at radius 1 is 0.976 bits per heavy atom. The van der Waals surface area contributed by atoms with Gasteiger partial charge < -0.3 is 5.32 Å². The molecule has 12 nitrogen and oxygen atoms in total. The second kappa shape index (κ2) is 13.5. The van der Waals surface area contributed by atoms with E-state index < -0.39 is 15.9 Å². The summed E-state index contributed by atoms with van der Waals surface area (Å²) in [5.74, 6) is -0.108. The maximum absolute atomic E-state index is 13.0. The molecule has 0 spiro atoms. The Morgan fingerprint density at radius 2 is 1.69 bits per heavy atom. The number of carbonyl (C=O) groups is 2. The second-order valence-corrected chi connectivity index (χ2v) is 13.3. The molecule has 4 rings (SSSR count). The van der Waals surface area contributed by atoms with E-state index in [1.165, 1.54) is 51.7 Å². The topological polar surface area (TPSA) is 152 Å². The third-order valence-corrected chi connectivity index (χ3v) is 10.2. The number of benzene rings is 2. The first-order valence-electron chi connectivity index (χ1n) is 13.2. The van der Waals surface area contributed by atoms with Crippen molar-refractivity contribution in [1.82, 2.24) is 34.6 Å². The van der Waals surface area contributed by atoms with Gasteiger partial charge in [0, 0.05) is 18.7 Å². The predicted octanol–water partition coefficient (Wildman–Crippen LogP) is 3.74. The van der Waals surface area contributed by atoms with Gasteiger partial charge in [0.2, 0.25) is 21.1 Å². The van der Waals surface area contributed by atoms with Crippen LogP contribution in [-0.2, 0) is 21.4 Å². The Balaban J connectivity index is 1.52. The van der Waals surface area contributed by atoms with E-state index >= 15 is 0 Å². The van der Waals surface area contributed by atoms with Crippen LogP contribution in [-0.4, -0.2) is 68.3 Å². The lowest BCUT2D eigenvalue weighted by Crippen LogP contribution is -2.30. The van der Waals surface area contributed by atoms with Crippen LogP contribution >= 0.6 is 23.1 Å². The molecule has 2 amide bonds. The van der Waals surface area contributed by atoms with Crippen LogP contribution < -0.4 is 10.6 Å². The normalized spacial score (nSPS) is 11.6. The van der Waals surface area contributed by atoms with Gasteiger partial charge in [0.25, 0.3) is 5.91 Å². The van der Waals surface area contributed by atoms with Gasteiger partial charge in [-0.1, -0.05) is 49.1 Å². The molecule has 42 heavy (non-hydrogen) atoms. The van der Waals surface area contributed by atoms with Gasteiger partial charge in [-0.25, -0.2) is 8.42 Å². The molecule has 2 N–H and O–H groups in total. The highest BCUT2D eigenvalue weighted by atomic mass is 32.2. The predicted molar refractivity (Wildman–Crippen MR) is 163 cm³/mol. The van der Waals surface area contributed by atoms with Gasteiger partial charge in [-0.15, -0.1) is 20.4 Å². The number of rotatable bonds is 12. The van der Waals surface area contributed by atoms with E-state index in [0.29, 0.717) is 34.8 Å². The summed E-state index contributed by atoms with van der Waals surface area (Å²) in [4.78, 5) is 25.7. The lowest BCUT2D eigenvalue weighted by atomic mass is 10.1. The maximum Gasteiger partial charge on any atom is 0.251 e. The van der Waals surface area contributed by atoms with Crippen LogP contribution in [0.25, 0.3) is 5.69 Å². The number of nitrogens with one attached hydrogen (secondary N) is 2. The van der Waals surface area contributed by atoms with Crippen molar-refractivity contribution in [3.8, 4) is 5.69 Å². The lowest BCUT2D eigenvalue weighted by Gasteiger charge is -2.18. The summed E-state index contributed by atoms with van der Waals surface area (Å²) in [7, 11) is -3.63. The highest BCUT2D eigenvalue weighted by molar-refractivity contribution is 7.99. The lowest BCUT2D eigenvalue weighted by molar-refractivity contribution is -0.113. The number of thioether (sulfide) groups is 1. The fourth-order valence-corrected chi connectivity index (χ4v) is 6.94. The Morgan fingerprint density at radius 3 is 2.33 bits per heavy atom. The molecule has 0 saturated heterocycles. The van der Waals surface area contributed by atoms with Crippen LogP contribution in [0, 0.1) is 20.8 Å². The number of hydrogen-bond acceptors (Lipinski definition) is 10. The van der Waals surface area contributed by atoms with Gasteiger partial charge in [-0.3, -0.25) is 19.5 Å². The van der Waals surface area contributed by atoms with Crippen molar-refractivity contribution < 1.29 is 18.0 Å². The number of sulfonamides is 1. The van der Waals surface area contributed by atoms with Gasteiger partial charge in [0.05, 0.1) is 22.9 Å². The van der Waals surface area contributed by atoms with Gasteiger partial charge in [-0.2, -0.15) is 4.31 Å². The van der Waals surface area contributed by atoms with Crippen LogP contribution in [0.5, 0.6) is 0 Å². The largest absolute Gasteiger partial charge is 0.345 e. The van der Waals surface area contributed by atoms with Crippen molar-refractivity contribution in [2.24, 2.45) is 0 Å². The number of carbonyl (C=O) groups excluding carboxylic acids is 2. The van der Waals surface area contributed by atoms with E-state index in [2.05, 4.69) is 31.0 Å². The fourth-order valence-electron chi connectivity index (χ4n) is 4.11. The minimum absolute atomic E-state index is 0.0511. The standard InChI is InChI=1S/C27H32N8O4S3/c1-6-34(7-2)42(38,39)21-13-11-20(12-14-21)25(37)28-15-23-31-33-27(35(23)22-10-8-9-17(3)18(22)4)40-16-24(36)29-26-32-30-19(5)41-26/h8-14H,6-7,15-16H2,1-5H3,(H,28,37)(H,29,32,36). The van der Waals surface area contributed by atoms with Crippen molar-refractivity contribution in [3.63, 3.8) is 0 Å². The van der Waals surface area contributed by atoms with E-state index in [1.807, 2.05) is 43.5 Å². The third kappa shape index (κ3) is 7.03. The molecule has 0 saturated carbocycles. The molecule has 4 aromatic rings. The van der Waals surface area contributed by atoms with Crippen molar-refractivity contribution in [3.05, 3.63) is 70.0 Å². The minimum Gasteiger partial charge on any atom is -0.345 e. The average Bonchev–Trinajstić information content (AvgIpc) is 3.57. The first-order valence-corrected chi connectivity index (χ1v) is 16.4. The molecule has 15 heteroatoms. The zero-order chi connectivity index (χ0) is 30.4. The molecule has 0 radical (unpaired) electrons. The summed E-state index contributed by atoms with van der Waals surface area (Å²) in [5.41, 5.74) is 3.21. The number of amides is 2. The molecule has 0 aliphatic rings. The van der Waals surface area contributed by atoms with Crippen molar-refractivity contribution in [2.75, 3.05) is 24.2 Å². The Bertz CT molecular complexity index is 1680. The second-order valence-electron chi connectivity index (χ2n) is 9.21. The van der Waals surface area contributed by atoms with Crippen LogP contribution in [0.3, 0.4) is 0 Å². The molecule has 0 bridgehead atoms. The highest BCUT2D eigenvalue weighted by Gasteiger charge is 2.22. The Labute approximate surface area is 253 Å². The molecule has 0 aliphatic carbocycles. The summed E-state index contributed by atoms with van der Waals surface area (Å²) in [5, 5.41) is 23.7. The molecule has 0 fully saturated rings. The molecule has 0 atom stereocenters. The van der Waals surface area contributed by atoms with Crippen molar-refractivity contribution in [1.29, 1.82) is 0 Å².